The number of rotatable bonds is 12. The highest BCUT2D eigenvalue weighted by Gasteiger charge is 2.34. The average molecular weight is 300 g/mol. The predicted molar refractivity (Wildman–Crippen MR) is 91.3 cm³/mol. The summed E-state index contributed by atoms with van der Waals surface area (Å²) in [6.07, 6.45) is 5.47. The van der Waals surface area contributed by atoms with E-state index in [9.17, 15) is 4.79 Å². The molecule has 0 aliphatic carbocycles. The second-order valence-corrected chi connectivity index (χ2v) is 6.71. The number of unbranched alkanes of at least 4 members (excludes halogenated alkanes) is 2. The third-order valence-corrected chi connectivity index (χ3v) is 4.26. The zero-order chi connectivity index (χ0) is 16.5. The fraction of sp³-hybridized carbons (Fsp3) is 0.941. The molecule has 0 aromatic rings. The lowest BCUT2D eigenvalue weighted by Gasteiger charge is -2.38. The fourth-order valence-electron chi connectivity index (χ4n) is 2.90. The van der Waals surface area contributed by atoms with Crippen LogP contribution in [0.5, 0.6) is 0 Å². The van der Waals surface area contributed by atoms with Crippen LogP contribution in [0.1, 0.15) is 73.6 Å². The van der Waals surface area contributed by atoms with Gasteiger partial charge in [0, 0.05) is 12.1 Å². The van der Waals surface area contributed by atoms with Crippen molar-refractivity contribution in [2.45, 2.75) is 91.3 Å². The van der Waals surface area contributed by atoms with Crippen molar-refractivity contribution in [3.8, 4) is 0 Å². The molecule has 0 saturated heterocycles. The number of hydrogen-bond donors (Lipinski definition) is 2. The second kappa shape index (κ2) is 10.2. The quantitative estimate of drug-likeness (QED) is 0.545. The van der Waals surface area contributed by atoms with Crippen molar-refractivity contribution in [3.05, 3.63) is 0 Å². The van der Waals surface area contributed by atoms with Gasteiger partial charge in [0.05, 0.1) is 5.54 Å². The van der Waals surface area contributed by atoms with Crippen molar-refractivity contribution in [2.75, 3.05) is 13.1 Å². The van der Waals surface area contributed by atoms with E-state index in [1.165, 1.54) is 19.3 Å². The van der Waals surface area contributed by atoms with Gasteiger partial charge < -0.3 is 11.1 Å². The molecule has 0 aliphatic heterocycles. The SMILES string of the molecule is CCCCCN(C(C)C)C(C)CC(C)(NCCC)C(N)=O. The van der Waals surface area contributed by atoms with Gasteiger partial charge in [0.25, 0.3) is 0 Å². The lowest BCUT2D eigenvalue weighted by molar-refractivity contribution is -0.124. The molecule has 1 amide bonds. The molecule has 0 radical (unpaired) electrons. The Hall–Kier alpha value is -0.610. The molecule has 4 nitrogen and oxygen atoms in total. The summed E-state index contributed by atoms with van der Waals surface area (Å²) in [5, 5.41) is 3.34. The maximum atomic E-state index is 11.9. The van der Waals surface area contributed by atoms with E-state index in [4.69, 9.17) is 5.73 Å². The van der Waals surface area contributed by atoms with E-state index in [2.05, 4.69) is 44.8 Å². The Kier molecular flexibility index (Phi) is 9.88. The van der Waals surface area contributed by atoms with Crippen molar-refractivity contribution >= 4 is 5.91 Å². The van der Waals surface area contributed by atoms with Gasteiger partial charge in [-0.2, -0.15) is 0 Å². The molecule has 126 valence electrons. The van der Waals surface area contributed by atoms with E-state index in [0.29, 0.717) is 12.1 Å². The van der Waals surface area contributed by atoms with Crippen LogP contribution in [0, 0.1) is 0 Å². The molecular formula is C17H37N3O. The molecule has 0 saturated carbocycles. The maximum Gasteiger partial charge on any atom is 0.237 e. The zero-order valence-corrected chi connectivity index (χ0v) is 15.0. The van der Waals surface area contributed by atoms with Crippen LogP contribution in [-0.4, -0.2) is 41.5 Å². The zero-order valence-electron chi connectivity index (χ0n) is 15.0. The second-order valence-electron chi connectivity index (χ2n) is 6.71. The highest BCUT2D eigenvalue weighted by molar-refractivity contribution is 5.84. The van der Waals surface area contributed by atoms with Gasteiger partial charge >= 0.3 is 0 Å². The molecule has 0 spiro atoms. The summed E-state index contributed by atoms with van der Waals surface area (Å²) in [5.74, 6) is -0.250. The van der Waals surface area contributed by atoms with Gasteiger partial charge in [-0.05, 0) is 60.0 Å². The van der Waals surface area contributed by atoms with Crippen LogP contribution in [0.3, 0.4) is 0 Å². The maximum absolute atomic E-state index is 11.9. The van der Waals surface area contributed by atoms with E-state index in [1.807, 2.05) is 6.92 Å². The Bertz CT molecular complexity index is 294. The largest absolute Gasteiger partial charge is 0.368 e. The monoisotopic (exact) mass is 299 g/mol. The van der Waals surface area contributed by atoms with Gasteiger partial charge in [0.1, 0.15) is 0 Å². The first-order chi connectivity index (χ1) is 9.78. The number of nitrogens with zero attached hydrogens (tertiary/aromatic N) is 1. The molecule has 3 N–H and O–H groups in total. The Morgan fingerprint density at radius 2 is 1.81 bits per heavy atom. The van der Waals surface area contributed by atoms with Crippen molar-refractivity contribution in [2.24, 2.45) is 5.73 Å². The highest BCUT2D eigenvalue weighted by Crippen LogP contribution is 2.19. The summed E-state index contributed by atoms with van der Waals surface area (Å²) in [7, 11) is 0. The van der Waals surface area contributed by atoms with Gasteiger partial charge in [0.2, 0.25) is 5.91 Å². The number of carbonyl (C=O) groups excluding carboxylic acids is 1. The molecule has 0 aliphatic rings. The molecule has 21 heavy (non-hydrogen) atoms. The molecule has 0 aromatic carbocycles. The number of primary amides is 1. The minimum absolute atomic E-state index is 0.250. The third kappa shape index (κ3) is 7.28. The standard InChI is InChI=1S/C17H37N3O/c1-7-9-10-12-20(14(3)4)15(5)13-17(6,16(18)21)19-11-8-2/h14-15,19H,7-13H2,1-6H3,(H2,18,21). The Morgan fingerprint density at radius 3 is 2.24 bits per heavy atom. The summed E-state index contributed by atoms with van der Waals surface area (Å²) >= 11 is 0. The van der Waals surface area contributed by atoms with Crippen LogP contribution in [0.4, 0.5) is 0 Å². The van der Waals surface area contributed by atoms with Crippen molar-refractivity contribution in [3.63, 3.8) is 0 Å². The first-order valence-corrected chi connectivity index (χ1v) is 8.59. The van der Waals surface area contributed by atoms with Gasteiger partial charge in [-0.3, -0.25) is 9.69 Å². The van der Waals surface area contributed by atoms with E-state index < -0.39 is 5.54 Å². The van der Waals surface area contributed by atoms with Crippen LogP contribution < -0.4 is 11.1 Å². The van der Waals surface area contributed by atoms with E-state index in [0.717, 1.165) is 25.9 Å². The number of nitrogens with one attached hydrogen (secondary N) is 1. The van der Waals surface area contributed by atoms with Crippen LogP contribution in [-0.2, 0) is 4.79 Å². The molecule has 0 rings (SSSR count). The average Bonchev–Trinajstić information content (AvgIpc) is 2.40. The Morgan fingerprint density at radius 1 is 1.19 bits per heavy atom. The smallest absolute Gasteiger partial charge is 0.237 e. The number of hydrogen-bond acceptors (Lipinski definition) is 3. The molecule has 2 unspecified atom stereocenters. The third-order valence-electron chi connectivity index (χ3n) is 4.26. The predicted octanol–water partition coefficient (Wildman–Crippen LogP) is 2.91. The van der Waals surface area contributed by atoms with Crippen molar-refractivity contribution in [1.29, 1.82) is 0 Å². The van der Waals surface area contributed by atoms with Crippen LogP contribution >= 0.6 is 0 Å². The highest BCUT2D eigenvalue weighted by atomic mass is 16.1. The molecule has 4 heteroatoms. The molecule has 0 bridgehead atoms. The molecular weight excluding hydrogens is 262 g/mol. The van der Waals surface area contributed by atoms with Crippen LogP contribution in [0.15, 0.2) is 0 Å². The summed E-state index contributed by atoms with van der Waals surface area (Å²) in [6.45, 7) is 14.8. The lowest BCUT2D eigenvalue weighted by atomic mass is 9.91. The van der Waals surface area contributed by atoms with Crippen molar-refractivity contribution < 1.29 is 4.79 Å². The first kappa shape index (κ1) is 20.4. The van der Waals surface area contributed by atoms with E-state index >= 15 is 0 Å². The minimum atomic E-state index is -0.618. The lowest BCUT2D eigenvalue weighted by Crippen LogP contribution is -2.57. The number of carbonyl (C=O) groups is 1. The molecule has 0 aromatic heterocycles. The van der Waals surface area contributed by atoms with Gasteiger partial charge in [0.15, 0.2) is 0 Å². The van der Waals surface area contributed by atoms with Gasteiger partial charge in [-0.1, -0.05) is 26.7 Å². The minimum Gasteiger partial charge on any atom is -0.368 e. The summed E-state index contributed by atoms with van der Waals surface area (Å²) < 4.78 is 0. The number of amides is 1. The van der Waals surface area contributed by atoms with Crippen LogP contribution in [0.25, 0.3) is 0 Å². The van der Waals surface area contributed by atoms with Crippen molar-refractivity contribution in [1.82, 2.24) is 10.2 Å². The first-order valence-electron chi connectivity index (χ1n) is 8.59. The molecule has 2 atom stereocenters. The summed E-state index contributed by atoms with van der Waals surface area (Å²) in [4.78, 5) is 14.3. The van der Waals surface area contributed by atoms with Crippen LogP contribution in [0.2, 0.25) is 0 Å². The van der Waals surface area contributed by atoms with E-state index in [1.54, 1.807) is 0 Å². The summed E-state index contributed by atoms with van der Waals surface area (Å²) in [5.41, 5.74) is 5.02. The number of nitrogens with two attached hydrogens (primary N) is 1. The topological polar surface area (TPSA) is 58.4 Å². The Balaban J connectivity index is 4.74. The molecule has 0 heterocycles. The van der Waals surface area contributed by atoms with Gasteiger partial charge in [-0.15, -0.1) is 0 Å². The fourth-order valence-corrected chi connectivity index (χ4v) is 2.90. The van der Waals surface area contributed by atoms with Gasteiger partial charge in [-0.25, -0.2) is 0 Å². The summed E-state index contributed by atoms with van der Waals surface area (Å²) in [6, 6.07) is 0.823. The van der Waals surface area contributed by atoms with E-state index in [-0.39, 0.29) is 5.91 Å². The Labute approximate surface area is 131 Å². The normalized spacial score (nSPS) is 16.2. The molecule has 0 fully saturated rings.